The first-order valence-corrected chi connectivity index (χ1v) is 18.9. The van der Waals surface area contributed by atoms with Gasteiger partial charge in [-0.2, -0.15) is 10.2 Å². The van der Waals surface area contributed by atoms with Crippen LogP contribution in [0.5, 0.6) is 0 Å². The molecule has 4 aromatic carbocycles. The van der Waals surface area contributed by atoms with Crippen LogP contribution >= 0.6 is 0 Å². The van der Waals surface area contributed by atoms with Gasteiger partial charge in [-0.05, 0) is 75.2 Å². The summed E-state index contributed by atoms with van der Waals surface area (Å²) in [5.41, 5.74) is -0.0746. The van der Waals surface area contributed by atoms with E-state index in [2.05, 4.69) is 31.1 Å². The number of nitrogens with zero attached hydrogens (tertiary/aromatic N) is 6. The Hall–Kier alpha value is -5.45. The van der Waals surface area contributed by atoms with Crippen molar-refractivity contribution in [2.24, 2.45) is 20.5 Å². The SMILES string of the molecule is CC(=O)C(N=Nc1ccc(S(=O)(=O)[O-])cc1[N+](=O)[O-])C(=O)Nc1ccccc1C.CC(=O)C(N=Nc1ccc(S(=O)(=O)[O-])cc1[N+](=O)[O-])C(=O)Nc1ccccc1C.[Ba+2]. The maximum atomic E-state index is 12.4. The number of rotatable bonds is 14. The van der Waals surface area contributed by atoms with Crippen molar-refractivity contribution in [3.05, 3.63) is 116 Å². The Kier molecular flexibility index (Phi) is 18.1. The summed E-state index contributed by atoms with van der Waals surface area (Å²) >= 11 is 0. The zero-order chi connectivity index (χ0) is 43.5. The summed E-state index contributed by atoms with van der Waals surface area (Å²) < 4.78 is 66.2. The maximum Gasteiger partial charge on any atom is 2.00 e. The first-order chi connectivity index (χ1) is 27.0. The molecule has 2 N–H and O–H groups in total. The van der Waals surface area contributed by atoms with Gasteiger partial charge in [0.1, 0.15) is 20.2 Å². The summed E-state index contributed by atoms with van der Waals surface area (Å²) in [7, 11) is -9.83. The van der Waals surface area contributed by atoms with Gasteiger partial charge in [-0.3, -0.25) is 39.4 Å². The van der Waals surface area contributed by atoms with Gasteiger partial charge in [0, 0.05) is 23.5 Å². The number of para-hydroxylation sites is 2. The minimum atomic E-state index is -4.92. The van der Waals surface area contributed by atoms with Crippen molar-refractivity contribution < 1.29 is 55.0 Å². The molecule has 2 amide bonds. The Balaban J connectivity index is 0.000000400. The number of ketones is 2. The van der Waals surface area contributed by atoms with Crippen LogP contribution in [0.2, 0.25) is 0 Å². The minimum absolute atomic E-state index is 0. The average molecular weight is 976 g/mol. The molecule has 0 fully saturated rings. The van der Waals surface area contributed by atoms with Crippen LogP contribution < -0.4 is 10.6 Å². The quantitative estimate of drug-likeness (QED) is 0.0436. The monoisotopic (exact) mass is 976 g/mol. The zero-order valence-corrected chi connectivity index (χ0v) is 37.2. The Morgan fingerprint density at radius 2 is 0.915 bits per heavy atom. The van der Waals surface area contributed by atoms with E-state index in [0.29, 0.717) is 23.5 Å². The number of nitro groups is 2. The van der Waals surface area contributed by atoms with Crippen LogP contribution in [0.25, 0.3) is 0 Å². The third-order valence-electron chi connectivity index (χ3n) is 7.50. The molecule has 0 aliphatic rings. The number of carbonyl (C=O) groups excluding carboxylic acids is 4. The van der Waals surface area contributed by atoms with Crippen LogP contribution in [0.3, 0.4) is 0 Å². The van der Waals surface area contributed by atoms with E-state index in [0.717, 1.165) is 49.2 Å². The fraction of sp³-hybridized carbons (Fsp3) is 0.176. The Bertz CT molecular complexity index is 2410. The topological polar surface area (TPSA) is 342 Å². The van der Waals surface area contributed by atoms with Gasteiger partial charge in [0.05, 0.1) is 19.6 Å². The molecule has 304 valence electrons. The first-order valence-electron chi connectivity index (χ1n) is 16.1. The van der Waals surface area contributed by atoms with Crippen molar-refractivity contribution >= 4 is 127 Å². The fourth-order valence-electron chi connectivity index (χ4n) is 4.48. The van der Waals surface area contributed by atoms with E-state index in [4.69, 9.17) is 0 Å². The van der Waals surface area contributed by atoms with E-state index < -0.39 is 98.1 Å². The van der Waals surface area contributed by atoms with Crippen LogP contribution in [0.1, 0.15) is 25.0 Å². The molecule has 2 unspecified atom stereocenters. The Morgan fingerprint density at radius 3 is 1.19 bits per heavy atom. The van der Waals surface area contributed by atoms with Crippen molar-refractivity contribution in [2.45, 2.75) is 49.6 Å². The van der Waals surface area contributed by atoms with E-state index in [-0.39, 0.29) is 48.9 Å². The molecule has 0 saturated heterocycles. The van der Waals surface area contributed by atoms with Gasteiger partial charge in [-0.15, -0.1) is 10.2 Å². The molecule has 4 aromatic rings. The molecule has 0 saturated carbocycles. The summed E-state index contributed by atoms with van der Waals surface area (Å²) in [6.45, 7) is 5.69. The van der Waals surface area contributed by atoms with Crippen LogP contribution in [0.15, 0.2) is 115 Å². The third kappa shape index (κ3) is 14.4. The number of anilines is 2. The van der Waals surface area contributed by atoms with Crippen LogP contribution in [0.4, 0.5) is 34.1 Å². The molecule has 4 rings (SSSR count). The molecular weight excluding hydrogens is 946 g/mol. The molecule has 0 spiro atoms. The third-order valence-corrected chi connectivity index (χ3v) is 9.16. The van der Waals surface area contributed by atoms with E-state index >= 15 is 0 Å². The number of Topliss-reactive ketones (excluding diaryl/α,β-unsaturated/α-hetero) is 2. The number of nitrogens with one attached hydrogen (secondary N) is 2. The molecule has 22 nitrogen and oxygen atoms in total. The molecular formula is C34H30BaN8O14S2. The molecule has 25 heteroatoms. The molecule has 0 aliphatic carbocycles. The van der Waals surface area contributed by atoms with Crippen molar-refractivity contribution in [1.29, 1.82) is 0 Å². The van der Waals surface area contributed by atoms with E-state index in [1.54, 1.807) is 62.4 Å². The number of amides is 2. The maximum absolute atomic E-state index is 12.4. The van der Waals surface area contributed by atoms with E-state index in [1.165, 1.54) is 0 Å². The zero-order valence-electron chi connectivity index (χ0n) is 31.2. The van der Waals surface area contributed by atoms with Crippen LogP contribution in [-0.2, 0) is 39.4 Å². The number of hydrogen-bond acceptors (Lipinski definition) is 18. The standard InChI is InChI=1S/2C17H16N4O7S.Ba/c2*1-10-5-3-4-6-13(10)18-17(23)16(11(2)22)20-19-14-8-7-12(29(26,27)28)9-15(14)21(24)25;/h2*3-9,16H,1-2H3,(H,18,23)(H,26,27,28);/q;;+2/p-2. The molecule has 0 aliphatic heterocycles. The van der Waals surface area contributed by atoms with Gasteiger partial charge in [-0.1, -0.05) is 36.4 Å². The summed E-state index contributed by atoms with van der Waals surface area (Å²) in [5.74, 6) is -2.92. The van der Waals surface area contributed by atoms with Crippen LogP contribution in [0, 0.1) is 34.1 Å². The van der Waals surface area contributed by atoms with Gasteiger partial charge in [-0.25, -0.2) is 16.8 Å². The number of benzene rings is 4. The van der Waals surface area contributed by atoms with Gasteiger partial charge in [0.15, 0.2) is 22.9 Å². The van der Waals surface area contributed by atoms with Gasteiger partial charge in [0.25, 0.3) is 23.2 Å². The van der Waals surface area contributed by atoms with Gasteiger partial charge >= 0.3 is 48.9 Å². The summed E-state index contributed by atoms with van der Waals surface area (Å²) in [6, 6.07) is 14.9. The minimum Gasteiger partial charge on any atom is -0.744 e. The van der Waals surface area contributed by atoms with Crippen molar-refractivity contribution in [3.8, 4) is 0 Å². The number of hydrogen-bond donors (Lipinski definition) is 2. The van der Waals surface area contributed by atoms with Crippen molar-refractivity contribution in [3.63, 3.8) is 0 Å². The fourth-order valence-corrected chi connectivity index (χ4v) is 5.47. The Morgan fingerprint density at radius 1 is 0.593 bits per heavy atom. The average Bonchev–Trinajstić information content (AvgIpc) is 3.12. The van der Waals surface area contributed by atoms with Crippen molar-refractivity contribution in [2.75, 3.05) is 10.6 Å². The number of carbonyl (C=O) groups is 4. The molecule has 0 aromatic heterocycles. The number of aryl methyl sites for hydroxylation is 2. The van der Waals surface area contributed by atoms with E-state index in [9.17, 15) is 65.3 Å². The predicted molar refractivity (Wildman–Crippen MR) is 205 cm³/mol. The summed E-state index contributed by atoms with van der Waals surface area (Å²) in [6.07, 6.45) is 0. The smallest absolute Gasteiger partial charge is 0.744 e. The van der Waals surface area contributed by atoms with E-state index in [1.807, 2.05) is 0 Å². The molecule has 0 radical (unpaired) electrons. The molecule has 2 atom stereocenters. The van der Waals surface area contributed by atoms with Gasteiger partial charge < -0.3 is 19.7 Å². The largest absolute Gasteiger partial charge is 2.00 e. The number of azo groups is 2. The Labute approximate surface area is 375 Å². The second kappa shape index (κ2) is 21.5. The predicted octanol–water partition coefficient (Wildman–Crippen LogP) is 4.59. The molecule has 0 heterocycles. The first kappa shape index (κ1) is 49.7. The second-order valence-electron chi connectivity index (χ2n) is 11.8. The number of nitro benzene ring substituents is 2. The molecule has 0 bridgehead atoms. The normalized spacial score (nSPS) is 12.3. The summed E-state index contributed by atoms with van der Waals surface area (Å²) in [5, 5.41) is 41.7. The van der Waals surface area contributed by atoms with Gasteiger partial charge in [0.2, 0.25) is 12.1 Å². The summed E-state index contributed by atoms with van der Waals surface area (Å²) in [4.78, 5) is 67.2. The molecule has 59 heavy (non-hydrogen) atoms. The van der Waals surface area contributed by atoms with Crippen molar-refractivity contribution in [1.82, 2.24) is 0 Å². The second-order valence-corrected chi connectivity index (χ2v) is 14.5. The van der Waals surface area contributed by atoms with Crippen LogP contribution in [-0.4, -0.2) is 120 Å².